The fourth-order valence-corrected chi connectivity index (χ4v) is 7.89. The Bertz CT molecular complexity index is 1090. The van der Waals surface area contributed by atoms with Crippen LogP contribution in [0.2, 0.25) is 0 Å². The molecule has 13 heteroatoms. The Kier molecular flexibility index (Phi) is 13.1. The summed E-state index contributed by atoms with van der Waals surface area (Å²) >= 11 is 0. The molecule has 18 atom stereocenters. The Morgan fingerprint density at radius 2 is 1.44 bits per heavy atom. The molecule has 0 unspecified atom stereocenters. The van der Waals surface area contributed by atoms with E-state index in [0.29, 0.717) is 6.42 Å². The van der Waals surface area contributed by atoms with Crippen LogP contribution in [-0.2, 0) is 42.7 Å². The molecule has 0 aromatic rings. The van der Waals surface area contributed by atoms with Crippen LogP contribution in [0.15, 0.2) is 0 Å². The summed E-state index contributed by atoms with van der Waals surface area (Å²) in [5.74, 6) is -3.74. The maximum absolute atomic E-state index is 13.9. The summed E-state index contributed by atoms with van der Waals surface area (Å²) in [5.41, 5.74) is -1.10. The second-order valence-electron chi connectivity index (χ2n) is 15.3. The third kappa shape index (κ3) is 8.43. The lowest BCUT2D eigenvalue weighted by atomic mass is 9.76. The van der Waals surface area contributed by atoms with Gasteiger partial charge in [0.05, 0.1) is 49.1 Å². The summed E-state index contributed by atoms with van der Waals surface area (Å²) in [7, 11) is 5.32. The number of rotatable bonds is 6. The van der Waals surface area contributed by atoms with Crippen molar-refractivity contribution in [2.45, 2.75) is 154 Å². The van der Waals surface area contributed by atoms with Crippen molar-refractivity contribution in [3.63, 3.8) is 0 Å². The van der Waals surface area contributed by atoms with Gasteiger partial charge in [-0.15, -0.1) is 0 Å². The average Bonchev–Trinajstić information content (AvgIpc) is 3.82. The first-order valence-corrected chi connectivity index (χ1v) is 17.7. The van der Waals surface area contributed by atoms with Gasteiger partial charge in [-0.1, -0.05) is 27.7 Å². The number of hydrogen-bond acceptors (Lipinski definition) is 13. The fourth-order valence-electron chi connectivity index (χ4n) is 7.89. The molecule has 4 aliphatic rings. The van der Waals surface area contributed by atoms with Gasteiger partial charge in [0.2, 0.25) is 0 Å². The van der Waals surface area contributed by atoms with Crippen molar-refractivity contribution in [1.82, 2.24) is 4.90 Å². The third-order valence-electron chi connectivity index (χ3n) is 11.4. The maximum atomic E-state index is 13.9. The van der Waals surface area contributed by atoms with Crippen molar-refractivity contribution in [3.05, 3.63) is 0 Å². The van der Waals surface area contributed by atoms with Gasteiger partial charge in [0.15, 0.2) is 24.0 Å². The van der Waals surface area contributed by atoms with Crippen molar-refractivity contribution in [2.75, 3.05) is 27.8 Å². The third-order valence-corrected chi connectivity index (χ3v) is 11.4. The number of cyclic esters (lactones) is 1. The van der Waals surface area contributed by atoms with E-state index in [1.165, 1.54) is 7.11 Å². The van der Waals surface area contributed by atoms with E-state index in [1.54, 1.807) is 34.6 Å². The number of ketones is 1. The molecule has 278 valence electrons. The minimum atomic E-state index is -1.10. The summed E-state index contributed by atoms with van der Waals surface area (Å²) in [6, 6.07) is -0.219. The smallest absolute Gasteiger partial charge is 0.311 e. The molecule has 13 nitrogen and oxygen atoms in total. The van der Waals surface area contributed by atoms with Crippen LogP contribution in [0.4, 0.5) is 0 Å². The van der Waals surface area contributed by atoms with E-state index in [1.807, 2.05) is 39.8 Å². The van der Waals surface area contributed by atoms with Gasteiger partial charge in [-0.25, -0.2) is 0 Å². The Morgan fingerprint density at radius 3 is 2.02 bits per heavy atom. The molecule has 4 rings (SSSR count). The van der Waals surface area contributed by atoms with Crippen LogP contribution in [0.5, 0.6) is 0 Å². The molecule has 0 radical (unpaired) electrons. The molecule has 0 aromatic carbocycles. The molecule has 4 saturated heterocycles. The van der Waals surface area contributed by atoms with Crippen molar-refractivity contribution in [1.29, 1.82) is 0 Å². The van der Waals surface area contributed by atoms with Crippen molar-refractivity contribution in [3.8, 4) is 0 Å². The molecule has 0 amide bonds. The first-order chi connectivity index (χ1) is 22.4. The highest BCUT2D eigenvalue weighted by Crippen LogP contribution is 2.43. The number of methoxy groups -OCH3 is 1. The van der Waals surface area contributed by atoms with E-state index in [4.69, 9.17) is 33.2 Å². The molecule has 0 bridgehead atoms. The van der Waals surface area contributed by atoms with Crippen LogP contribution in [-0.4, -0.2) is 139 Å². The van der Waals surface area contributed by atoms with E-state index in [-0.39, 0.29) is 43.3 Å². The summed E-state index contributed by atoms with van der Waals surface area (Å²) in [6.07, 6.45) is -7.15. The zero-order valence-corrected chi connectivity index (χ0v) is 30.6. The Labute approximate surface area is 285 Å². The van der Waals surface area contributed by atoms with Gasteiger partial charge in [-0.3, -0.25) is 9.59 Å². The van der Waals surface area contributed by atoms with Crippen LogP contribution >= 0.6 is 0 Å². The first-order valence-electron chi connectivity index (χ1n) is 17.7. The van der Waals surface area contributed by atoms with Crippen molar-refractivity contribution in [2.24, 2.45) is 29.6 Å². The number of Topliss-reactive ketones (excluding diaryl/α,β-unsaturated/α-hetero) is 1. The maximum Gasteiger partial charge on any atom is 0.311 e. The number of ether oxygens (including phenoxy) is 7. The fraction of sp³-hybridized carbons (Fsp3) is 0.943. The van der Waals surface area contributed by atoms with E-state index >= 15 is 0 Å². The zero-order valence-electron chi connectivity index (χ0n) is 30.6. The van der Waals surface area contributed by atoms with Gasteiger partial charge in [-0.05, 0) is 60.5 Å². The molecular weight excluding hydrogens is 626 g/mol. The summed E-state index contributed by atoms with van der Waals surface area (Å²) < 4.78 is 43.0. The van der Waals surface area contributed by atoms with Crippen LogP contribution in [0.1, 0.15) is 74.7 Å². The van der Waals surface area contributed by atoms with Crippen LogP contribution in [0.25, 0.3) is 0 Å². The second-order valence-corrected chi connectivity index (χ2v) is 15.3. The standard InChI is InChI=1S/C35H61NO12/c1-16-14-35(15-43-35)32(40)19(4)27(37)18(3)22(7)46-33(41)21(6)31(47-26-13-25(42-11)28(38)23(8)45-26)20(5)30(16)48-34-29(39)24(36(9)10)12-17(2)44-34/h16-31,34,37-39H,12-15H2,1-11H3/t16-,17+,18-,19+,20+,21-,22+,23+,24-,25+,26-,27-,28-,29+,30-,31-,34-,35+/m0/s1. The molecule has 0 aliphatic carbocycles. The van der Waals surface area contributed by atoms with E-state index in [2.05, 4.69) is 0 Å². The topological polar surface area (TPSA) is 166 Å². The molecule has 3 N–H and O–H groups in total. The van der Waals surface area contributed by atoms with Gasteiger partial charge >= 0.3 is 5.97 Å². The number of aliphatic hydroxyl groups is 3. The monoisotopic (exact) mass is 687 g/mol. The first kappa shape index (κ1) is 39.5. The summed E-state index contributed by atoms with van der Waals surface area (Å²) in [4.78, 5) is 29.7. The van der Waals surface area contributed by atoms with Gasteiger partial charge in [0.1, 0.15) is 18.3 Å². The quantitative estimate of drug-likeness (QED) is 0.274. The van der Waals surface area contributed by atoms with Crippen LogP contribution in [0.3, 0.4) is 0 Å². The second kappa shape index (κ2) is 16.0. The zero-order chi connectivity index (χ0) is 35.8. The highest BCUT2D eigenvalue weighted by molar-refractivity contribution is 5.92. The predicted molar refractivity (Wildman–Crippen MR) is 174 cm³/mol. The van der Waals surface area contributed by atoms with E-state index in [0.717, 1.165) is 0 Å². The average molecular weight is 688 g/mol. The van der Waals surface area contributed by atoms with Crippen LogP contribution < -0.4 is 0 Å². The minimum absolute atomic E-state index is 0.198. The number of nitrogens with zero attached hydrogens (tertiary/aromatic N) is 1. The molecule has 48 heavy (non-hydrogen) atoms. The lowest BCUT2D eigenvalue weighted by Gasteiger charge is -2.46. The highest BCUT2D eigenvalue weighted by atomic mass is 16.7. The highest BCUT2D eigenvalue weighted by Gasteiger charge is 2.57. The van der Waals surface area contributed by atoms with E-state index < -0.39 is 96.7 Å². The van der Waals surface area contributed by atoms with Crippen LogP contribution in [0, 0.1) is 29.6 Å². The molecular formula is C35H61NO12. The predicted octanol–water partition coefficient (Wildman–Crippen LogP) is 1.91. The van der Waals surface area contributed by atoms with Gasteiger partial charge in [0, 0.05) is 37.3 Å². The Balaban J connectivity index is 1.75. The van der Waals surface area contributed by atoms with E-state index in [9.17, 15) is 24.9 Å². The molecule has 4 heterocycles. The Morgan fingerprint density at radius 1 is 0.792 bits per heavy atom. The number of esters is 1. The van der Waals surface area contributed by atoms with Crippen molar-refractivity contribution >= 4 is 11.8 Å². The number of carbonyl (C=O) groups excluding carboxylic acids is 2. The lowest BCUT2D eigenvalue weighted by Crippen LogP contribution is -2.57. The number of hydrogen-bond donors (Lipinski definition) is 3. The Hall–Kier alpha value is -1.26. The molecule has 4 aliphatic heterocycles. The number of likely N-dealkylation sites (N-methyl/N-ethyl adjacent to an activating group) is 1. The normalized spacial score (nSPS) is 49.9. The van der Waals surface area contributed by atoms with Gasteiger partial charge < -0.3 is 53.4 Å². The summed E-state index contributed by atoms with van der Waals surface area (Å²) in [6.45, 7) is 14.6. The minimum Gasteiger partial charge on any atom is -0.462 e. The molecule has 0 aromatic heterocycles. The molecule has 1 spiro atoms. The lowest BCUT2D eigenvalue weighted by molar-refractivity contribution is -0.299. The van der Waals surface area contributed by atoms with Crippen molar-refractivity contribution < 1.29 is 58.1 Å². The molecule has 0 saturated carbocycles. The van der Waals surface area contributed by atoms with Gasteiger partial charge in [0.25, 0.3) is 0 Å². The van der Waals surface area contributed by atoms with Gasteiger partial charge in [-0.2, -0.15) is 0 Å². The molecule has 4 fully saturated rings. The number of epoxide rings is 1. The number of carbonyl (C=O) groups is 2. The largest absolute Gasteiger partial charge is 0.462 e. The number of aliphatic hydroxyl groups excluding tert-OH is 3. The SMILES string of the molecule is CO[C@@H]1C[C@H](O[C@H]2[C@H](C)[C@@H](O[C@@H]3O[C@H](C)C[C@H](N(C)C)[C@H]3O)[C@@H](C)C[C@@]3(CO3)C(=O)[C@H](C)[C@@H](O)[C@@H](C)[C@@H](C)OC(=O)[C@H]2C)O[C@H](C)[C@@H]1O. The summed E-state index contributed by atoms with van der Waals surface area (Å²) in [5, 5.41) is 33.3.